The molecule has 0 bridgehead atoms. The second-order valence-corrected chi connectivity index (χ2v) is 7.83. The van der Waals surface area contributed by atoms with Crippen LogP contribution in [0.25, 0.3) is 0 Å². The largest absolute Gasteiger partial charge is 0.465 e. The van der Waals surface area contributed by atoms with Gasteiger partial charge in [-0.1, -0.05) is 0 Å². The molecule has 21 heavy (non-hydrogen) atoms. The van der Waals surface area contributed by atoms with E-state index < -0.39 is 42.8 Å². The zero-order valence-corrected chi connectivity index (χ0v) is 13.4. The summed E-state index contributed by atoms with van der Waals surface area (Å²) in [6, 6.07) is 2.74. The molecule has 0 aliphatic rings. The van der Waals surface area contributed by atoms with Crippen molar-refractivity contribution in [2.45, 2.75) is 17.1 Å². The molecular formula is C12H16FNO5S2. The van der Waals surface area contributed by atoms with Crippen LogP contribution in [-0.4, -0.2) is 43.8 Å². The quantitative estimate of drug-likeness (QED) is 0.770. The average molecular weight is 337 g/mol. The lowest BCUT2D eigenvalue weighted by Crippen LogP contribution is -2.33. The molecule has 2 unspecified atom stereocenters. The first-order chi connectivity index (χ1) is 9.69. The highest BCUT2D eigenvalue weighted by Gasteiger charge is 2.24. The van der Waals surface area contributed by atoms with Crippen LogP contribution in [0.5, 0.6) is 0 Å². The van der Waals surface area contributed by atoms with E-state index in [-0.39, 0.29) is 12.1 Å². The summed E-state index contributed by atoms with van der Waals surface area (Å²) in [4.78, 5) is 11.0. The normalized spacial score (nSPS) is 14.5. The van der Waals surface area contributed by atoms with Crippen molar-refractivity contribution >= 4 is 26.8 Å². The highest BCUT2D eigenvalue weighted by Crippen LogP contribution is 2.18. The topological polar surface area (TPSA) is 89.5 Å². The summed E-state index contributed by atoms with van der Waals surface area (Å²) in [6.45, 7) is 1.51. The van der Waals surface area contributed by atoms with Crippen molar-refractivity contribution in [2.24, 2.45) is 0 Å². The third-order valence-corrected chi connectivity index (χ3v) is 5.53. The molecule has 118 valence electrons. The van der Waals surface area contributed by atoms with Crippen molar-refractivity contribution in [3.63, 3.8) is 0 Å². The van der Waals surface area contributed by atoms with Crippen molar-refractivity contribution in [3.8, 4) is 0 Å². The SMILES string of the molecule is COC(=O)c1ccc(F)cc1S(=O)(=O)NCC(C)S(C)=O. The van der Waals surface area contributed by atoms with E-state index in [1.165, 1.54) is 6.26 Å². The molecule has 0 fully saturated rings. The lowest BCUT2D eigenvalue weighted by Gasteiger charge is -2.13. The Morgan fingerprint density at radius 2 is 2.10 bits per heavy atom. The van der Waals surface area contributed by atoms with E-state index >= 15 is 0 Å². The monoisotopic (exact) mass is 337 g/mol. The number of hydrogen-bond donors (Lipinski definition) is 1. The predicted octanol–water partition coefficient (Wildman–Crippen LogP) is 0.658. The van der Waals surface area contributed by atoms with E-state index in [9.17, 15) is 21.8 Å². The van der Waals surface area contributed by atoms with Crippen LogP contribution in [0.3, 0.4) is 0 Å². The van der Waals surface area contributed by atoms with Gasteiger partial charge in [0, 0.05) is 28.9 Å². The number of carbonyl (C=O) groups excluding carboxylic acids is 1. The summed E-state index contributed by atoms with van der Waals surface area (Å²) in [5, 5.41) is -0.421. The van der Waals surface area contributed by atoms with Gasteiger partial charge < -0.3 is 4.74 Å². The molecule has 0 aliphatic heterocycles. The third kappa shape index (κ3) is 4.58. The Bertz CT molecular complexity index is 660. The zero-order valence-electron chi connectivity index (χ0n) is 11.8. The standard InChI is InChI=1S/C12H16FNO5S2/c1-8(20(3)16)7-14-21(17,18)11-6-9(13)4-5-10(11)12(15)19-2/h4-6,8,14H,7H2,1-3H3. The fraction of sp³-hybridized carbons (Fsp3) is 0.417. The van der Waals surface area contributed by atoms with Crippen molar-refractivity contribution < 1.29 is 26.5 Å². The van der Waals surface area contributed by atoms with Crippen molar-refractivity contribution in [1.29, 1.82) is 0 Å². The maximum Gasteiger partial charge on any atom is 0.339 e. The van der Waals surface area contributed by atoms with Crippen molar-refractivity contribution in [2.75, 3.05) is 19.9 Å². The summed E-state index contributed by atoms with van der Waals surface area (Å²) in [5.41, 5.74) is -0.267. The second-order valence-electron chi connectivity index (χ2n) is 4.29. The number of carbonyl (C=O) groups is 1. The number of sulfonamides is 1. The molecule has 0 spiro atoms. The summed E-state index contributed by atoms with van der Waals surface area (Å²) in [7, 11) is -4.24. The van der Waals surface area contributed by atoms with Crippen LogP contribution in [0, 0.1) is 5.82 Å². The van der Waals surface area contributed by atoms with E-state index in [4.69, 9.17) is 0 Å². The average Bonchev–Trinajstić information content (AvgIpc) is 2.43. The van der Waals surface area contributed by atoms with Crippen molar-refractivity contribution in [1.82, 2.24) is 4.72 Å². The van der Waals surface area contributed by atoms with Crippen LogP contribution in [0.2, 0.25) is 0 Å². The van der Waals surface area contributed by atoms with E-state index in [0.29, 0.717) is 0 Å². The number of ether oxygens (including phenoxy) is 1. The van der Waals surface area contributed by atoms with Gasteiger partial charge in [0.15, 0.2) is 0 Å². The highest BCUT2D eigenvalue weighted by atomic mass is 32.2. The molecule has 0 heterocycles. The molecular weight excluding hydrogens is 321 g/mol. The number of nitrogens with one attached hydrogen (secondary N) is 1. The van der Waals surface area contributed by atoms with Gasteiger partial charge in [-0.2, -0.15) is 0 Å². The minimum atomic E-state index is -4.12. The molecule has 9 heteroatoms. The van der Waals surface area contributed by atoms with Gasteiger partial charge >= 0.3 is 5.97 Å². The Labute approximate surface area is 125 Å². The van der Waals surface area contributed by atoms with Gasteiger partial charge in [-0.15, -0.1) is 0 Å². The van der Waals surface area contributed by atoms with Crippen molar-refractivity contribution in [3.05, 3.63) is 29.6 Å². The Morgan fingerprint density at radius 1 is 1.48 bits per heavy atom. The number of hydrogen-bond acceptors (Lipinski definition) is 5. The summed E-state index contributed by atoms with van der Waals surface area (Å²) in [6.07, 6.45) is 1.45. The smallest absolute Gasteiger partial charge is 0.339 e. The van der Waals surface area contributed by atoms with Crippen LogP contribution in [0.15, 0.2) is 23.1 Å². The van der Waals surface area contributed by atoms with E-state index in [2.05, 4.69) is 9.46 Å². The third-order valence-electron chi connectivity index (χ3n) is 2.77. The first-order valence-electron chi connectivity index (χ1n) is 5.88. The molecule has 2 atom stereocenters. The molecule has 1 N–H and O–H groups in total. The highest BCUT2D eigenvalue weighted by molar-refractivity contribution is 7.89. The van der Waals surface area contributed by atoms with Crippen LogP contribution in [-0.2, 0) is 25.6 Å². The second kappa shape index (κ2) is 7.10. The molecule has 0 amide bonds. The summed E-state index contributed by atoms with van der Waals surface area (Å²) >= 11 is 0. The van der Waals surface area contributed by atoms with E-state index in [0.717, 1.165) is 25.3 Å². The summed E-state index contributed by atoms with van der Waals surface area (Å²) in [5.74, 6) is -1.68. The van der Waals surface area contributed by atoms with Gasteiger partial charge in [0.05, 0.1) is 17.6 Å². The molecule has 0 saturated heterocycles. The number of esters is 1. The molecule has 0 saturated carbocycles. The lowest BCUT2D eigenvalue weighted by molar-refractivity contribution is 0.0596. The number of benzene rings is 1. The molecule has 1 aromatic rings. The molecule has 0 aliphatic carbocycles. The van der Waals surface area contributed by atoms with Crippen LogP contribution in [0.4, 0.5) is 4.39 Å². The van der Waals surface area contributed by atoms with Crippen LogP contribution >= 0.6 is 0 Å². The number of halogens is 1. The zero-order chi connectivity index (χ0) is 16.2. The number of rotatable bonds is 6. The van der Waals surface area contributed by atoms with E-state index in [1.54, 1.807) is 6.92 Å². The van der Waals surface area contributed by atoms with E-state index in [1.807, 2.05) is 0 Å². The van der Waals surface area contributed by atoms with Crippen LogP contribution < -0.4 is 4.72 Å². The maximum absolute atomic E-state index is 13.3. The first kappa shape index (κ1) is 17.7. The minimum absolute atomic E-state index is 0.0947. The first-order valence-corrected chi connectivity index (χ1v) is 8.99. The van der Waals surface area contributed by atoms with Crippen LogP contribution in [0.1, 0.15) is 17.3 Å². The van der Waals surface area contributed by atoms with Gasteiger partial charge in [0.1, 0.15) is 5.82 Å². The van der Waals surface area contributed by atoms with Gasteiger partial charge in [-0.05, 0) is 25.1 Å². The van der Waals surface area contributed by atoms with Gasteiger partial charge in [0.2, 0.25) is 10.0 Å². The molecule has 1 rings (SSSR count). The molecule has 0 radical (unpaired) electrons. The van der Waals surface area contributed by atoms with Gasteiger partial charge in [-0.25, -0.2) is 22.3 Å². The van der Waals surface area contributed by atoms with Gasteiger partial charge in [0.25, 0.3) is 0 Å². The predicted molar refractivity (Wildman–Crippen MR) is 76.5 cm³/mol. The minimum Gasteiger partial charge on any atom is -0.465 e. The summed E-state index contributed by atoms with van der Waals surface area (Å²) < 4.78 is 55.5. The fourth-order valence-electron chi connectivity index (χ4n) is 1.42. The Balaban J connectivity index is 3.15. The fourth-order valence-corrected chi connectivity index (χ4v) is 3.18. The molecule has 6 nitrogen and oxygen atoms in total. The maximum atomic E-state index is 13.3. The Kier molecular flexibility index (Phi) is 5.99. The lowest BCUT2D eigenvalue weighted by atomic mass is 10.2. The molecule has 0 aromatic heterocycles. The van der Waals surface area contributed by atoms with Gasteiger partial charge in [-0.3, -0.25) is 4.21 Å². The molecule has 1 aromatic carbocycles. The Hall–Kier alpha value is -1.32. The Morgan fingerprint density at radius 3 is 2.62 bits per heavy atom. The number of methoxy groups -OCH3 is 1.